The Morgan fingerprint density at radius 3 is 2.77 bits per heavy atom. The van der Waals surface area contributed by atoms with Crippen LogP contribution in [0.15, 0.2) is 16.6 Å². The summed E-state index contributed by atoms with van der Waals surface area (Å²) >= 11 is 3.56. The molecular weight excluding hydrogens is 352 g/mol. The number of aromatic nitrogens is 2. The molecule has 1 aliphatic heterocycles. The van der Waals surface area contributed by atoms with Crippen LogP contribution >= 0.6 is 15.9 Å². The normalized spacial score (nSPS) is 13.2. The summed E-state index contributed by atoms with van der Waals surface area (Å²) in [4.78, 5) is 11.1. The maximum absolute atomic E-state index is 11.1. The van der Waals surface area contributed by atoms with Crippen LogP contribution in [0.5, 0.6) is 11.5 Å². The van der Waals surface area contributed by atoms with Crippen LogP contribution in [-0.2, 0) is 13.5 Å². The standard InChI is InChI=1S/C15H15BrN2O4/c1-3-8-13(11-7-10(15(19)20)17-18(11)2)9(16)6-12-14(8)22-5-4-21-12/h6-7H,3-5H2,1-2H3,(H,19,20). The number of fused-ring (bicyclic) bond motifs is 1. The molecule has 3 rings (SSSR count). The fourth-order valence-electron chi connectivity index (χ4n) is 2.64. The van der Waals surface area contributed by atoms with Gasteiger partial charge in [-0.1, -0.05) is 6.92 Å². The minimum absolute atomic E-state index is 0.0151. The molecule has 0 unspecified atom stereocenters. The van der Waals surface area contributed by atoms with Gasteiger partial charge in [-0.3, -0.25) is 4.68 Å². The third-order valence-corrected chi connectivity index (χ3v) is 4.22. The fraction of sp³-hybridized carbons (Fsp3) is 0.333. The second-order valence-corrected chi connectivity index (χ2v) is 5.79. The molecule has 1 aliphatic rings. The summed E-state index contributed by atoms with van der Waals surface area (Å²) in [6.07, 6.45) is 0.730. The highest BCUT2D eigenvalue weighted by Crippen LogP contribution is 2.44. The third-order valence-electron chi connectivity index (χ3n) is 3.59. The van der Waals surface area contributed by atoms with Gasteiger partial charge in [-0.05, 0) is 34.5 Å². The molecule has 0 saturated carbocycles. The van der Waals surface area contributed by atoms with Crippen LogP contribution in [0.2, 0.25) is 0 Å². The molecule has 0 fully saturated rings. The maximum atomic E-state index is 11.1. The lowest BCUT2D eigenvalue weighted by atomic mass is 10.00. The number of carboxylic acids is 1. The first-order valence-corrected chi connectivity index (χ1v) is 7.71. The quantitative estimate of drug-likeness (QED) is 0.903. The lowest BCUT2D eigenvalue weighted by molar-refractivity contribution is 0.0689. The van der Waals surface area contributed by atoms with Crippen molar-refractivity contribution in [3.63, 3.8) is 0 Å². The number of nitrogens with zero attached hydrogens (tertiary/aromatic N) is 2. The highest BCUT2D eigenvalue weighted by molar-refractivity contribution is 9.10. The summed E-state index contributed by atoms with van der Waals surface area (Å²) in [6, 6.07) is 3.42. The highest BCUT2D eigenvalue weighted by Gasteiger charge is 2.24. The molecule has 0 amide bonds. The number of benzene rings is 1. The lowest BCUT2D eigenvalue weighted by Gasteiger charge is -2.24. The monoisotopic (exact) mass is 366 g/mol. The van der Waals surface area contributed by atoms with E-state index in [4.69, 9.17) is 14.6 Å². The molecule has 1 aromatic heterocycles. The zero-order valence-corrected chi connectivity index (χ0v) is 13.8. The Morgan fingerprint density at radius 2 is 2.14 bits per heavy atom. The Morgan fingerprint density at radius 1 is 1.41 bits per heavy atom. The predicted octanol–water partition coefficient (Wildman–Crippen LogP) is 2.88. The number of rotatable bonds is 3. The van der Waals surface area contributed by atoms with Gasteiger partial charge in [0.25, 0.3) is 0 Å². The molecular formula is C15H15BrN2O4. The van der Waals surface area contributed by atoms with Crippen molar-refractivity contribution in [1.82, 2.24) is 9.78 Å². The lowest BCUT2D eigenvalue weighted by Crippen LogP contribution is -2.17. The second kappa shape index (κ2) is 5.64. The van der Waals surface area contributed by atoms with Crippen molar-refractivity contribution in [3.05, 3.63) is 27.9 Å². The maximum Gasteiger partial charge on any atom is 0.356 e. The van der Waals surface area contributed by atoms with Gasteiger partial charge in [0.15, 0.2) is 17.2 Å². The Kier molecular flexibility index (Phi) is 3.82. The van der Waals surface area contributed by atoms with Gasteiger partial charge in [0, 0.05) is 22.6 Å². The molecule has 2 aromatic rings. The van der Waals surface area contributed by atoms with Crippen molar-refractivity contribution in [2.45, 2.75) is 13.3 Å². The number of hydrogen-bond donors (Lipinski definition) is 1. The first kappa shape index (κ1) is 14.9. The van der Waals surface area contributed by atoms with Crippen LogP contribution in [0, 0.1) is 0 Å². The van der Waals surface area contributed by atoms with Crippen molar-refractivity contribution >= 4 is 21.9 Å². The highest BCUT2D eigenvalue weighted by atomic mass is 79.9. The van der Waals surface area contributed by atoms with Crippen molar-refractivity contribution in [3.8, 4) is 22.8 Å². The Hall–Kier alpha value is -2.02. The van der Waals surface area contributed by atoms with Gasteiger partial charge in [0.1, 0.15) is 13.2 Å². The average Bonchev–Trinajstić information content (AvgIpc) is 2.87. The van der Waals surface area contributed by atoms with Crippen LogP contribution in [0.1, 0.15) is 23.0 Å². The Balaban J connectivity index is 2.24. The number of aryl methyl sites for hydroxylation is 1. The first-order valence-electron chi connectivity index (χ1n) is 6.91. The molecule has 22 heavy (non-hydrogen) atoms. The summed E-state index contributed by atoms with van der Waals surface area (Å²) < 4.78 is 13.8. The van der Waals surface area contributed by atoms with Crippen LogP contribution in [-0.4, -0.2) is 34.1 Å². The predicted molar refractivity (Wildman–Crippen MR) is 83.7 cm³/mol. The van der Waals surface area contributed by atoms with Gasteiger partial charge in [-0.2, -0.15) is 5.10 Å². The minimum Gasteiger partial charge on any atom is -0.486 e. The zero-order chi connectivity index (χ0) is 15.9. The van der Waals surface area contributed by atoms with E-state index >= 15 is 0 Å². The summed E-state index contributed by atoms with van der Waals surface area (Å²) in [7, 11) is 1.73. The zero-order valence-electron chi connectivity index (χ0n) is 12.2. The van der Waals surface area contributed by atoms with E-state index in [2.05, 4.69) is 21.0 Å². The number of carbonyl (C=O) groups is 1. The summed E-state index contributed by atoms with van der Waals surface area (Å²) in [5.41, 5.74) is 2.60. The fourth-order valence-corrected chi connectivity index (χ4v) is 3.29. The number of ether oxygens (including phenoxy) is 2. The second-order valence-electron chi connectivity index (χ2n) is 4.93. The number of carboxylic acid groups (broad SMARTS) is 1. The van der Waals surface area contributed by atoms with Gasteiger partial charge < -0.3 is 14.6 Å². The number of halogens is 1. The molecule has 1 N–H and O–H groups in total. The van der Waals surface area contributed by atoms with Crippen molar-refractivity contribution in [1.29, 1.82) is 0 Å². The smallest absolute Gasteiger partial charge is 0.356 e. The molecule has 116 valence electrons. The summed E-state index contributed by atoms with van der Waals surface area (Å²) in [5.74, 6) is 0.387. The van der Waals surface area contributed by atoms with Gasteiger partial charge in [-0.15, -0.1) is 0 Å². The van der Waals surface area contributed by atoms with E-state index in [9.17, 15) is 4.79 Å². The molecule has 0 radical (unpaired) electrons. The number of hydrogen-bond acceptors (Lipinski definition) is 4. The molecule has 1 aromatic carbocycles. The van der Waals surface area contributed by atoms with E-state index in [-0.39, 0.29) is 5.69 Å². The van der Waals surface area contributed by atoms with Crippen molar-refractivity contribution in [2.24, 2.45) is 7.05 Å². The van der Waals surface area contributed by atoms with Crippen molar-refractivity contribution < 1.29 is 19.4 Å². The molecule has 0 atom stereocenters. The molecule has 6 nitrogen and oxygen atoms in total. The molecule has 0 spiro atoms. The van der Waals surface area contributed by atoms with Crippen LogP contribution < -0.4 is 9.47 Å². The van der Waals surface area contributed by atoms with Gasteiger partial charge >= 0.3 is 5.97 Å². The van der Waals surface area contributed by atoms with Crippen molar-refractivity contribution in [2.75, 3.05) is 13.2 Å². The molecule has 0 saturated heterocycles. The Labute approximate surface area is 135 Å². The number of aromatic carboxylic acids is 1. The van der Waals surface area contributed by atoms with Crippen LogP contribution in [0.25, 0.3) is 11.3 Å². The summed E-state index contributed by atoms with van der Waals surface area (Å²) in [5, 5.41) is 13.2. The van der Waals surface area contributed by atoms with Crippen LogP contribution in [0.4, 0.5) is 0 Å². The van der Waals surface area contributed by atoms with E-state index in [0.29, 0.717) is 19.0 Å². The van der Waals surface area contributed by atoms with E-state index < -0.39 is 5.97 Å². The largest absolute Gasteiger partial charge is 0.486 e. The van der Waals surface area contributed by atoms with E-state index in [1.807, 2.05) is 13.0 Å². The minimum atomic E-state index is -1.05. The SMILES string of the molecule is CCc1c2c(cc(Br)c1-c1cc(C(=O)O)nn1C)OCCO2. The molecule has 2 heterocycles. The van der Waals surface area contributed by atoms with E-state index in [1.165, 1.54) is 0 Å². The van der Waals surface area contributed by atoms with Gasteiger partial charge in [-0.25, -0.2) is 4.79 Å². The molecule has 7 heteroatoms. The first-order chi connectivity index (χ1) is 10.5. The topological polar surface area (TPSA) is 73.6 Å². The molecule has 0 bridgehead atoms. The van der Waals surface area contributed by atoms with E-state index in [0.717, 1.165) is 33.5 Å². The van der Waals surface area contributed by atoms with E-state index in [1.54, 1.807) is 17.8 Å². The Bertz CT molecular complexity index is 754. The average molecular weight is 367 g/mol. The molecule has 0 aliphatic carbocycles. The van der Waals surface area contributed by atoms with Gasteiger partial charge in [0.2, 0.25) is 0 Å². The van der Waals surface area contributed by atoms with Crippen LogP contribution in [0.3, 0.4) is 0 Å². The summed E-state index contributed by atoms with van der Waals surface area (Å²) in [6.45, 7) is 3.06. The third kappa shape index (κ3) is 2.35. The van der Waals surface area contributed by atoms with Gasteiger partial charge in [0.05, 0.1) is 5.69 Å².